The lowest BCUT2D eigenvalue weighted by Gasteiger charge is -2.19. The van der Waals surface area contributed by atoms with Crippen molar-refractivity contribution in [2.45, 2.75) is 30.5 Å². The SMILES string of the molecule is Fc1cccc(C(Br)c2ccc3c(c2)CCCC3)c1Cl. The molecule has 0 aromatic heterocycles. The molecule has 0 aliphatic heterocycles. The topological polar surface area (TPSA) is 0 Å². The number of halogens is 3. The minimum atomic E-state index is -0.369. The summed E-state index contributed by atoms with van der Waals surface area (Å²) in [5.74, 6) is -0.369. The van der Waals surface area contributed by atoms with Crippen LogP contribution >= 0.6 is 27.5 Å². The summed E-state index contributed by atoms with van der Waals surface area (Å²) in [5, 5.41) is 0.201. The van der Waals surface area contributed by atoms with Crippen LogP contribution < -0.4 is 0 Å². The first-order valence-electron chi connectivity index (χ1n) is 6.86. The van der Waals surface area contributed by atoms with Crippen molar-refractivity contribution in [2.75, 3.05) is 0 Å². The number of benzene rings is 2. The van der Waals surface area contributed by atoms with E-state index in [1.807, 2.05) is 6.07 Å². The fraction of sp³-hybridized carbons (Fsp3) is 0.294. The molecule has 20 heavy (non-hydrogen) atoms. The standard InChI is InChI=1S/C17H15BrClF/c18-16(14-6-3-7-15(20)17(14)19)13-9-8-11-4-1-2-5-12(11)10-13/h3,6-10,16H,1-2,4-5H2. The lowest BCUT2D eigenvalue weighted by atomic mass is 9.89. The Morgan fingerprint density at radius 3 is 2.60 bits per heavy atom. The average Bonchev–Trinajstić information content (AvgIpc) is 2.49. The van der Waals surface area contributed by atoms with Gasteiger partial charge in [-0.2, -0.15) is 0 Å². The summed E-state index contributed by atoms with van der Waals surface area (Å²) in [6, 6.07) is 11.5. The summed E-state index contributed by atoms with van der Waals surface area (Å²) in [7, 11) is 0. The van der Waals surface area contributed by atoms with Gasteiger partial charge in [0.2, 0.25) is 0 Å². The van der Waals surface area contributed by atoms with Gasteiger partial charge in [0.05, 0.1) is 9.85 Å². The molecule has 0 saturated heterocycles. The Morgan fingerprint density at radius 2 is 1.80 bits per heavy atom. The molecule has 2 aromatic carbocycles. The van der Waals surface area contributed by atoms with Crippen molar-refractivity contribution in [2.24, 2.45) is 0 Å². The predicted octanol–water partition coefficient (Wildman–Crippen LogP) is 5.84. The van der Waals surface area contributed by atoms with Crippen molar-refractivity contribution in [3.8, 4) is 0 Å². The van der Waals surface area contributed by atoms with E-state index in [-0.39, 0.29) is 15.7 Å². The molecular weight excluding hydrogens is 339 g/mol. The van der Waals surface area contributed by atoms with E-state index in [2.05, 4.69) is 34.1 Å². The van der Waals surface area contributed by atoms with Gasteiger partial charge in [-0.05, 0) is 54.0 Å². The molecule has 1 atom stereocenters. The predicted molar refractivity (Wildman–Crippen MR) is 85.3 cm³/mol. The second kappa shape index (κ2) is 5.87. The van der Waals surface area contributed by atoms with Crippen LogP contribution in [0.3, 0.4) is 0 Å². The van der Waals surface area contributed by atoms with Crippen LogP contribution in [0, 0.1) is 5.82 Å². The quantitative estimate of drug-likeness (QED) is 0.595. The molecule has 1 aliphatic carbocycles. The van der Waals surface area contributed by atoms with E-state index in [0.717, 1.165) is 17.5 Å². The Kier molecular flexibility index (Phi) is 4.13. The van der Waals surface area contributed by atoms with E-state index in [9.17, 15) is 4.39 Å². The van der Waals surface area contributed by atoms with Crippen molar-refractivity contribution in [1.82, 2.24) is 0 Å². The van der Waals surface area contributed by atoms with Crippen LogP contribution in [0.4, 0.5) is 4.39 Å². The van der Waals surface area contributed by atoms with Crippen LogP contribution in [0.15, 0.2) is 36.4 Å². The van der Waals surface area contributed by atoms with Gasteiger partial charge in [0.1, 0.15) is 5.82 Å². The highest BCUT2D eigenvalue weighted by Crippen LogP contribution is 2.37. The van der Waals surface area contributed by atoms with E-state index < -0.39 is 0 Å². The van der Waals surface area contributed by atoms with E-state index in [4.69, 9.17) is 11.6 Å². The van der Waals surface area contributed by atoms with Crippen molar-refractivity contribution in [1.29, 1.82) is 0 Å². The molecule has 3 rings (SSSR count). The summed E-state index contributed by atoms with van der Waals surface area (Å²) >= 11 is 9.73. The zero-order chi connectivity index (χ0) is 14.1. The normalized spacial score (nSPS) is 15.8. The van der Waals surface area contributed by atoms with Crippen molar-refractivity contribution in [3.05, 3.63) is 69.5 Å². The van der Waals surface area contributed by atoms with E-state index in [1.54, 1.807) is 6.07 Å². The molecule has 0 nitrogen and oxygen atoms in total. The first-order valence-corrected chi connectivity index (χ1v) is 8.16. The number of alkyl halides is 1. The van der Waals surface area contributed by atoms with Gasteiger partial charge < -0.3 is 0 Å². The fourth-order valence-corrected chi connectivity index (χ4v) is 3.84. The number of rotatable bonds is 2. The largest absolute Gasteiger partial charge is 0.205 e. The first-order chi connectivity index (χ1) is 9.66. The maximum absolute atomic E-state index is 13.6. The highest BCUT2D eigenvalue weighted by Gasteiger charge is 2.18. The van der Waals surface area contributed by atoms with Gasteiger partial charge in [-0.3, -0.25) is 0 Å². The zero-order valence-electron chi connectivity index (χ0n) is 11.0. The number of hydrogen-bond acceptors (Lipinski definition) is 0. The average molecular weight is 354 g/mol. The summed E-state index contributed by atoms with van der Waals surface area (Å²) in [4.78, 5) is -0.0714. The third-order valence-corrected chi connectivity index (χ3v) is 5.34. The molecule has 1 aliphatic rings. The monoisotopic (exact) mass is 352 g/mol. The van der Waals surface area contributed by atoms with Gasteiger partial charge in [-0.1, -0.05) is 57.9 Å². The van der Waals surface area contributed by atoms with Crippen LogP contribution in [0.2, 0.25) is 5.02 Å². The molecule has 0 bridgehead atoms. The van der Waals surface area contributed by atoms with Crippen LogP contribution in [0.25, 0.3) is 0 Å². The van der Waals surface area contributed by atoms with E-state index in [0.29, 0.717) is 0 Å². The smallest absolute Gasteiger partial charge is 0.142 e. The molecule has 0 N–H and O–H groups in total. The lowest BCUT2D eigenvalue weighted by Crippen LogP contribution is -2.04. The Morgan fingerprint density at radius 1 is 1.05 bits per heavy atom. The minimum Gasteiger partial charge on any atom is -0.205 e. The number of aryl methyl sites for hydroxylation is 2. The lowest BCUT2D eigenvalue weighted by molar-refractivity contribution is 0.626. The molecular formula is C17H15BrClF. The first kappa shape index (κ1) is 14.1. The molecule has 0 fully saturated rings. The summed E-state index contributed by atoms with van der Waals surface area (Å²) in [6.07, 6.45) is 4.84. The fourth-order valence-electron chi connectivity index (χ4n) is 2.81. The van der Waals surface area contributed by atoms with E-state index in [1.165, 1.54) is 36.5 Å². The Bertz CT molecular complexity index is 639. The molecule has 3 heteroatoms. The molecule has 0 heterocycles. The molecule has 104 valence electrons. The second-order valence-electron chi connectivity index (χ2n) is 5.24. The van der Waals surface area contributed by atoms with Gasteiger partial charge in [0.25, 0.3) is 0 Å². The molecule has 2 aromatic rings. The van der Waals surface area contributed by atoms with Gasteiger partial charge in [0, 0.05) is 0 Å². The maximum atomic E-state index is 13.6. The van der Waals surface area contributed by atoms with Crippen molar-refractivity contribution < 1.29 is 4.39 Å². The van der Waals surface area contributed by atoms with Crippen molar-refractivity contribution in [3.63, 3.8) is 0 Å². The Labute approximate surface area is 132 Å². The highest BCUT2D eigenvalue weighted by molar-refractivity contribution is 9.09. The molecule has 0 spiro atoms. The van der Waals surface area contributed by atoms with Gasteiger partial charge >= 0.3 is 0 Å². The molecule has 0 amide bonds. The van der Waals surface area contributed by atoms with Gasteiger partial charge in [0.15, 0.2) is 0 Å². The van der Waals surface area contributed by atoms with Gasteiger partial charge in [-0.25, -0.2) is 4.39 Å². The summed E-state index contributed by atoms with van der Waals surface area (Å²) in [5.41, 5.74) is 4.79. The van der Waals surface area contributed by atoms with Crippen LogP contribution in [0.5, 0.6) is 0 Å². The number of hydrogen-bond donors (Lipinski definition) is 0. The molecule has 0 saturated carbocycles. The summed E-state index contributed by atoms with van der Waals surface area (Å²) < 4.78 is 13.6. The third kappa shape index (κ3) is 2.64. The number of fused-ring (bicyclic) bond motifs is 1. The Balaban J connectivity index is 1.98. The second-order valence-corrected chi connectivity index (χ2v) is 6.53. The van der Waals surface area contributed by atoms with Crippen LogP contribution in [0.1, 0.15) is 39.9 Å². The van der Waals surface area contributed by atoms with E-state index >= 15 is 0 Å². The molecule has 0 radical (unpaired) electrons. The van der Waals surface area contributed by atoms with Gasteiger partial charge in [-0.15, -0.1) is 0 Å². The summed E-state index contributed by atoms with van der Waals surface area (Å²) in [6.45, 7) is 0. The Hall–Kier alpha value is -0.860. The van der Waals surface area contributed by atoms with Crippen LogP contribution in [-0.4, -0.2) is 0 Å². The zero-order valence-corrected chi connectivity index (χ0v) is 13.3. The highest BCUT2D eigenvalue weighted by atomic mass is 79.9. The third-order valence-electron chi connectivity index (χ3n) is 3.92. The molecule has 1 unspecified atom stereocenters. The van der Waals surface area contributed by atoms with Crippen LogP contribution in [-0.2, 0) is 12.8 Å². The van der Waals surface area contributed by atoms with Crippen molar-refractivity contribution >= 4 is 27.5 Å². The maximum Gasteiger partial charge on any atom is 0.142 e. The minimum absolute atomic E-state index is 0.0714.